The van der Waals surface area contributed by atoms with Gasteiger partial charge in [0.1, 0.15) is 0 Å². The minimum atomic E-state index is -0.448. The van der Waals surface area contributed by atoms with Gasteiger partial charge in [-0.2, -0.15) is 0 Å². The molecule has 8 heteroatoms. The molecule has 4 unspecified atom stereocenters. The van der Waals surface area contributed by atoms with E-state index in [-0.39, 0.29) is 14.0 Å². The summed E-state index contributed by atoms with van der Waals surface area (Å²) in [6, 6.07) is 8.44. The Morgan fingerprint density at radius 3 is 1.31 bits per heavy atom. The normalized spacial score (nSPS) is 14.5. The van der Waals surface area contributed by atoms with Gasteiger partial charge in [-0.1, -0.05) is 32.0 Å². The number of hydrogen-bond acceptors (Lipinski definition) is 8. The number of hydrogen-bond donors (Lipinski definition) is 5. The Balaban J connectivity index is 0. The van der Waals surface area contributed by atoms with E-state index in [9.17, 15) is 20.4 Å². The van der Waals surface area contributed by atoms with Gasteiger partial charge in [0.15, 0.2) is 0 Å². The van der Waals surface area contributed by atoms with Crippen LogP contribution in [0, 0.1) is 6.92 Å². The first-order valence-corrected chi connectivity index (χ1v) is 12.6. The van der Waals surface area contributed by atoms with Crippen LogP contribution in [0.1, 0.15) is 54.0 Å². The number of anilines is 1. The van der Waals surface area contributed by atoms with Crippen LogP contribution in [0.4, 0.5) is 5.69 Å². The lowest BCUT2D eigenvalue weighted by Gasteiger charge is -2.30. The van der Waals surface area contributed by atoms with Gasteiger partial charge in [-0.25, -0.2) is 0 Å². The van der Waals surface area contributed by atoms with E-state index >= 15 is 0 Å². The van der Waals surface area contributed by atoms with E-state index < -0.39 is 24.4 Å². The summed E-state index contributed by atoms with van der Waals surface area (Å²) >= 11 is 0. The van der Waals surface area contributed by atoms with Gasteiger partial charge < -0.3 is 30.4 Å². The molecular weight excluding hydrogens is 446 g/mol. The summed E-state index contributed by atoms with van der Waals surface area (Å²) in [5.74, 6) is 0. The molecule has 0 radical (unpaired) electrons. The fraction of sp³-hybridized carbons (Fsp3) is 0.778. The van der Waals surface area contributed by atoms with Crippen LogP contribution in [0.25, 0.3) is 0 Å². The highest BCUT2D eigenvalue weighted by Crippen LogP contribution is 2.14. The van der Waals surface area contributed by atoms with Crippen LogP contribution in [-0.4, -0.2) is 119 Å². The molecule has 0 aromatic heterocycles. The monoisotopic (exact) mass is 501 g/mol. The lowest BCUT2D eigenvalue weighted by molar-refractivity contribution is 0.0542. The molecule has 0 fully saturated rings. The Hall–Kier alpha value is -1.26. The van der Waals surface area contributed by atoms with E-state index in [2.05, 4.69) is 43.0 Å². The Kier molecular flexibility index (Phi) is 21.4. The molecule has 4 atom stereocenters. The number of rotatable bonds is 16. The van der Waals surface area contributed by atoms with Crippen LogP contribution in [0.15, 0.2) is 24.3 Å². The Labute approximate surface area is 214 Å². The highest BCUT2D eigenvalue weighted by Gasteiger charge is 2.15. The summed E-state index contributed by atoms with van der Waals surface area (Å²) in [7, 11) is 0. The summed E-state index contributed by atoms with van der Waals surface area (Å²) in [5.41, 5.74) is 2.47. The maximum absolute atomic E-state index is 9.47. The van der Waals surface area contributed by atoms with Crippen molar-refractivity contribution in [2.45, 2.75) is 79.8 Å². The van der Waals surface area contributed by atoms with E-state index in [1.165, 1.54) is 11.3 Å². The average molecular weight is 502 g/mol. The lowest BCUT2D eigenvalue weighted by Crippen LogP contribution is -2.44. The second-order valence-corrected chi connectivity index (χ2v) is 9.46. The molecule has 0 aliphatic heterocycles. The van der Waals surface area contributed by atoms with E-state index in [0.29, 0.717) is 39.3 Å². The highest BCUT2D eigenvalue weighted by atomic mass is 16.3. The second kappa shape index (κ2) is 20.9. The van der Waals surface area contributed by atoms with Crippen molar-refractivity contribution in [2.24, 2.45) is 0 Å². The Morgan fingerprint density at radius 2 is 1.03 bits per heavy atom. The third kappa shape index (κ3) is 19.6. The molecule has 1 aromatic rings. The first-order valence-electron chi connectivity index (χ1n) is 12.6. The number of aliphatic hydroxyl groups excluding tert-OH is 5. The topological polar surface area (TPSA) is 111 Å². The quantitative estimate of drug-likeness (QED) is 0.234. The van der Waals surface area contributed by atoms with Gasteiger partial charge in [-0.15, -0.1) is 0 Å². The first-order chi connectivity index (χ1) is 16.0. The summed E-state index contributed by atoms with van der Waals surface area (Å²) < 4.78 is 0. The smallest absolute Gasteiger partial charge is 0.0639 e. The molecule has 35 heavy (non-hydrogen) atoms. The van der Waals surface area contributed by atoms with E-state index in [0.717, 1.165) is 19.5 Å². The molecule has 0 spiro atoms. The zero-order valence-corrected chi connectivity index (χ0v) is 22.3. The van der Waals surface area contributed by atoms with Crippen molar-refractivity contribution in [2.75, 3.05) is 63.9 Å². The van der Waals surface area contributed by atoms with E-state index in [4.69, 9.17) is 5.11 Å². The lowest BCUT2D eigenvalue weighted by atomic mass is 10.2. The molecular formula is C27H55N3O5. The number of nitrogens with zero attached hydrogens (tertiary/aromatic N) is 3. The number of aryl methyl sites for hydroxylation is 1. The molecule has 0 aliphatic rings. The minimum absolute atomic E-state index is 0. The molecule has 208 valence electrons. The standard InChI is InChI=1S/C14H32N2O4.C12H19NO.CH4/c1-11(17)7-15(8-12(2)18)5-6-16(9-13(3)19)10-14(4)20;1-3-8-13(9-10-14)12-6-4-11(2)5-7-12;/h11-14,17-20H,5-10H2,1-4H3;4-7,14H,3,8-10H2,1-2H3;1H4. The highest BCUT2D eigenvalue weighted by molar-refractivity contribution is 5.47. The zero-order chi connectivity index (χ0) is 26.1. The average Bonchev–Trinajstić information content (AvgIpc) is 2.71. The molecule has 1 rings (SSSR count). The molecule has 0 saturated heterocycles. The predicted octanol–water partition coefficient (Wildman–Crippen LogP) is 1.95. The minimum Gasteiger partial charge on any atom is -0.395 e. The zero-order valence-electron chi connectivity index (χ0n) is 22.3. The van der Waals surface area contributed by atoms with Crippen molar-refractivity contribution in [1.29, 1.82) is 0 Å². The van der Waals surface area contributed by atoms with Crippen LogP contribution in [0.5, 0.6) is 0 Å². The third-order valence-electron chi connectivity index (χ3n) is 5.08. The summed E-state index contributed by atoms with van der Waals surface area (Å²) in [6.07, 6.45) is -0.689. The van der Waals surface area contributed by atoms with Crippen LogP contribution < -0.4 is 4.90 Å². The van der Waals surface area contributed by atoms with Crippen LogP contribution in [0.2, 0.25) is 0 Å². The largest absolute Gasteiger partial charge is 0.395 e. The molecule has 8 nitrogen and oxygen atoms in total. The Morgan fingerprint density at radius 1 is 0.657 bits per heavy atom. The van der Waals surface area contributed by atoms with Gasteiger partial charge in [-0.05, 0) is 53.2 Å². The van der Waals surface area contributed by atoms with Crippen molar-refractivity contribution in [3.05, 3.63) is 29.8 Å². The molecule has 0 heterocycles. The SMILES string of the molecule is C.CC(O)CN(CCN(CC(C)O)CC(C)O)CC(C)O.CCCN(CCO)c1ccc(C)cc1. The van der Waals surface area contributed by atoms with Gasteiger partial charge in [0.2, 0.25) is 0 Å². The van der Waals surface area contributed by atoms with Crippen molar-refractivity contribution in [1.82, 2.24) is 9.80 Å². The predicted molar refractivity (Wildman–Crippen MR) is 147 cm³/mol. The van der Waals surface area contributed by atoms with Crippen molar-refractivity contribution < 1.29 is 25.5 Å². The first kappa shape index (κ1) is 35.9. The molecule has 0 aliphatic carbocycles. The fourth-order valence-electron chi connectivity index (χ4n) is 3.81. The molecule has 5 N–H and O–H groups in total. The van der Waals surface area contributed by atoms with Crippen molar-refractivity contribution in [3.63, 3.8) is 0 Å². The third-order valence-corrected chi connectivity index (χ3v) is 5.08. The molecule has 1 aromatic carbocycles. The molecule has 0 amide bonds. The van der Waals surface area contributed by atoms with Gasteiger partial charge in [0.05, 0.1) is 31.0 Å². The summed E-state index contributed by atoms with van der Waals surface area (Å²) in [4.78, 5) is 6.19. The van der Waals surface area contributed by atoms with Gasteiger partial charge >= 0.3 is 0 Å². The van der Waals surface area contributed by atoms with Gasteiger partial charge in [0.25, 0.3) is 0 Å². The Bertz CT molecular complexity index is 547. The second-order valence-electron chi connectivity index (χ2n) is 9.46. The maximum atomic E-state index is 9.47. The van der Waals surface area contributed by atoms with Crippen LogP contribution in [-0.2, 0) is 0 Å². The summed E-state index contributed by atoms with van der Waals surface area (Å²) in [6.45, 7) is 16.4. The maximum Gasteiger partial charge on any atom is 0.0639 e. The van der Waals surface area contributed by atoms with E-state index in [1.54, 1.807) is 27.7 Å². The van der Waals surface area contributed by atoms with Crippen LogP contribution in [0.3, 0.4) is 0 Å². The van der Waals surface area contributed by atoms with Crippen LogP contribution >= 0.6 is 0 Å². The van der Waals surface area contributed by atoms with Crippen molar-refractivity contribution in [3.8, 4) is 0 Å². The van der Waals surface area contributed by atoms with Crippen molar-refractivity contribution >= 4 is 5.69 Å². The fourth-order valence-corrected chi connectivity index (χ4v) is 3.81. The summed E-state index contributed by atoms with van der Waals surface area (Å²) in [5, 5.41) is 46.8. The molecule has 0 saturated carbocycles. The van der Waals surface area contributed by atoms with E-state index in [1.807, 2.05) is 9.80 Å². The van der Waals surface area contributed by atoms with Gasteiger partial charge in [-0.3, -0.25) is 9.80 Å². The number of aliphatic hydroxyl groups is 5. The number of benzene rings is 1. The van der Waals surface area contributed by atoms with Gasteiger partial charge in [0, 0.05) is 58.0 Å². The molecule has 0 bridgehead atoms.